The Morgan fingerprint density at radius 3 is 2.35 bits per heavy atom. The number of carboxylic acids is 1. The summed E-state index contributed by atoms with van der Waals surface area (Å²) in [6, 6.07) is -0.0830. The van der Waals surface area contributed by atoms with Gasteiger partial charge < -0.3 is 14.9 Å². The maximum Gasteiger partial charge on any atom is 0.323 e. The van der Waals surface area contributed by atoms with E-state index in [0.29, 0.717) is 13.0 Å². The summed E-state index contributed by atoms with van der Waals surface area (Å²) in [5, 5.41) is 8.99. The van der Waals surface area contributed by atoms with Crippen molar-refractivity contribution in [3.8, 4) is 0 Å². The molecular formula is C17H28N2O4. The molecule has 2 amide bonds. The third kappa shape index (κ3) is 3.85. The van der Waals surface area contributed by atoms with Gasteiger partial charge in [-0.25, -0.2) is 0 Å². The molecule has 2 fully saturated rings. The topological polar surface area (TPSA) is 77.9 Å². The van der Waals surface area contributed by atoms with Crippen molar-refractivity contribution in [3.05, 3.63) is 0 Å². The van der Waals surface area contributed by atoms with Crippen LogP contribution in [0.15, 0.2) is 0 Å². The summed E-state index contributed by atoms with van der Waals surface area (Å²) in [6.45, 7) is 4.58. The molecule has 1 aliphatic heterocycles. The Morgan fingerprint density at radius 1 is 1.17 bits per heavy atom. The lowest BCUT2D eigenvalue weighted by atomic mass is 9.66. The predicted octanol–water partition coefficient (Wildman–Crippen LogP) is 1.88. The summed E-state index contributed by atoms with van der Waals surface area (Å²) in [6.07, 6.45) is 6.24. The fourth-order valence-corrected chi connectivity index (χ4v) is 3.89. The summed E-state index contributed by atoms with van der Waals surface area (Å²) in [4.78, 5) is 38.9. The van der Waals surface area contributed by atoms with E-state index >= 15 is 0 Å². The molecule has 1 unspecified atom stereocenters. The van der Waals surface area contributed by atoms with E-state index in [0.717, 1.165) is 45.1 Å². The average Bonchev–Trinajstić information content (AvgIpc) is 2.69. The van der Waals surface area contributed by atoms with E-state index in [1.807, 2.05) is 4.90 Å². The van der Waals surface area contributed by atoms with E-state index in [2.05, 4.69) is 6.92 Å². The molecule has 1 aliphatic carbocycles. The third-order valence-corrected chi connectivity index (χ3v) is 5.58. The van der Waals surface area contributed by atoms with Crippen LogP contribution in [0.4, 0.5) is 0 Å². The fraction of sp³-hybridized carbons (Fsp3) is 0.824. The number of nitrogens with zero attached hydrogens (tertiary/aromatic N) is 2. The lowest BCUT2D eigenvalue weighted by Crippen LogP contribution is -2.48. The molecule has 6 heteroatoms. The van der Waals surface area contributed by atoms with Crippen LogP contribution in [0.5, 0.6) is 0 Å². The quantitative estimate of drug-likeness (QED) is 0.837. The van der Waals surface area contributed by atoms with Crippen LogP contribution in [-0.2, 0) is 14.4 Å². The van der Waals surface area contributed by atoms with E-state index in [1.165, 1.54) is 11.8 Å². The first-order valence-electron chi connectivity index (χ1n) is 8.68. The number of amides is 2. The van der Waals surface area contributed by atoms with E-state index < -0.39 is 5.97 Å². The lowest BCUT2D eigenvalue weighted by Gasteiger charge is -2.43. The van der Waals surface area contributed by atoms with Gasteiger partial charge >= 0.3 is 5.97 Å². The van der Waals surface area contributed by atoms with Crippen molar-refractivity contribution in [2.75, 3.05) is 19.6 Å². The molecule has 1 atom stereocenters. The van der Waals surface area contributed by atoms with Crippen molar-refractivity contribution >= 4 is 17.8 Å². The minimum absolute atomic E-state index is 0.0830. The number of carbonyl (C=O) groups is 3. The van der Waals surface area contributed by atoms with Crippen LogP contribution in [0, 0.1) is 5.41 Å². The molecule has 0 aromatic rings. The number of rotatable bonds is 5. The number of hydrogen-bond donors (Lipinski definition) is 1. The highest BCUT2D eigenvalue weighted by atomic mass is 16.4. The highest BCUT2D eigenvalue weighted by Gasteiger charge is 2.44. The Morgan fingerprint density at radius 2 is 1.87 bits per heavy atom. The van der Waals surface area contributed by atoms with Gasteiger partial charge in [0.05, 0.1) is 0 Å². The van der Waals surface area contributed by atoms with Crippen LogP contribution in [0.3, 0.4) is 0 Å². The third-order valence-electron chi connectivity index (χ3n) is 5.58. The van der Waals surface area contributed by atoms with E-state index in [-0.39, 0.29) is 29.8 Å². The molecule has 1 saturated heterocycles. The van der Waals surface area contributed by atoms with Gasteiger partial charge in [-0.05, 0) is 38.5 Å². The largest absolute Gasteiger partial charge is 0.480 e. The molecule has 0 bridgehead atoms. The highest BCUT2D eigenvalue weighted by Crippen LogP contribution is 2.45. The Hall–Kier alpha value is -1.59. The molecule has 1 heterocycles. The van der Waals surface area contributed by atoms with Crippen LogP contribution < -0.4 is 0 Å². The molecule has 1 N–H and O–H groups in total. The molecule has 2 aliphatic rings. The second-order valence-electron chi connectivity index (χ2n) is 6.91. The van der Waals surface area contributed by atoms with E-state index in [9.17, 15) is 14.4 Å². The van der Waals surface area contributed by atoms with Gasteiger partial charge in [-0.2, -0.15) is 0 Å². The first-order valence-corrected chi connectivity index (χ1v) is 8.68. The average molecular weight is 324 g/mol. The molecule has 0 aromatic heterocycles. The molecule has 23 heavy (non-hydrogen) atoms. The zero-order chi connectivity index (χ0) is 17.0. The molecule has 0 spiro atoms. The number of carbonyl (C=O) groups excluding carboxylic acids is 2. The van der Waals surface area contributed by atoms with Crippen LogP contribution in [0.2, 0.25) is 0 Å². The highest BCUT2D eigenvalue weighted by molar-refractivity contribution is 5.83. The van der Waals surface area contributed by atoms with Crippen molar-refractivity contribution < 1.29 is 19.5 Å². The Labute approximate surface area is 137 Å². The normalized spacial score (nSPS) is 23.6. The maximum atomic E-state index is 12.8. The smallest absolute Gasteiger partial charge is 0.323 e. The summed E-state index contributed by atoms with van der Waals surface area (Å²) >= 11 is 0. The second-order valence-corrected chi connectivity index (χ2v) is 6.91. The Kier molecular flexibility index (Phi) is 5.65. The standard InChI is InChI=1S/C17H28N2O4/c1-3-17(8-5-9-17)16(23)18-10-4-6-14(7-11-18)19(13(2)20)12-15(21)22/h14H,3-12H2,1-2H3,(H,21,22). The minimum Gasteiger partial charge on any atom is -0.480 e. The van der Waals surface area contributed by atoms with Gasteiger partial charge in [0.2, 0.25) is 11.8 Å². The first kappa shape index (κ1) is 17.8. The predicted molar refractivity (Wildman–Crippen MR) is 85.8 cm³/mol. The summed E-state index contributed by atoms with van der Waals surface area (Å²) in [5.41, 5.74) is -0.152. The Balaban J connectivity index is 1.99. The number of aliphatic carboxylic acids is 1. The summed E-state index contributed by atoms with van der Waals surface area (Å²) in [7, 11) is 0. The van der Waals surface area contributed by atoms with Crippen LogP contribution in [0.1, 0.15) is 58.8 Å². The van der Waals surface area contributed by atoms with Crippen molar-refractivity contribution in [2.45, 2.75) is 64.8 Å². The van der Waals surface area contributed by atoms with Crippen molar-refractivity contribution in [1.82, 2.24) is 9.80 Å². The van der Waals surface area contributed by atoms with Gasteiger partial charge in [0.15, 0.2) is 0 Å². The van der Waals surface area contributed by atoms with Gasteiger partial charge in [-0.15, -0.1) is 0 Å². The molecule has 6 nitrogen and oxygen atoms in total. The second kappa shape index (κ2) is 7.32. The Bertz CT molecular complexity index is 468. The molecule has 130 valence electrons. The molecule has 2 rings (SSSR count). The van der Waals surface area contributed by atoms with Gasteiger partial charge in [0.1, 0.15) is 6.54 Å². The monoisotopic (exact) mass is 324 g/mol. The zero-order valence-electron chi connectivity index (χ0n) is 14.2. The van der Waals surface area contributed by atoms with Crippen LogP contribution in [0.25, 0.3) is 0 Å². The zero-order valence-corrected chi connectivity index (χ0v) is 14.2. The minimum atomic E-state index is -0.989. The SMILES string of the molecule is CCC1(C(=O)N2CCCC(N(CC(=O)O)C(C)=O)CC2)CCC1. The van der Waals surface area contributed by atoms with Crippen molar-refractivity contribution in [3.63, 3.8) is 0 Å². The maximum absolute atomic E-state index is 12.8. The molecule has 1 saturated carbocycles. The van der Waals surface area contributed by atoms with E-state index in [4.69, 9.17) is 5.11 Å². The summed E-state index contributed by atoms with van der Waals surface area (Å²) < 4.78 is 0. The molecular weight excluding hydrogens is 296 g/mol. The van der Waals surface area contributed by atoms with Crippen LogP contribution >= 0.6 is 0 Å². The summed E-state index contributed by atoms with van der Waals surface area (Å²) in [5.74, 6) is -0.933. The number of hydrogen-bond acceptors (Lipinski definition) is 3. The molecule has 0 aromatic carbocycles. The van der Waals surface area contributed by atoms with Gasteiger partial charge in [0, 0.05) is 31.5 Å². The fourth-order valence-electron chi connectivity index (χ4n) is 3.89. The number of likely N-dealkylation sites (tertiary alicyclic amines) is 1. The molecule has 0 radical (unpaired) electrons. The van der Waals surface area contributed by atoms with Crippen molar-refractivity contribution in [1.29, 1.82) is 0 Å². The van der Waals surface area contributed by atoms with Crippen LogP contribution in [-0.4, -0.2) is 58.4 Å². The van der Waals surface area contributed by atoms with Gasteiger partial charge in [0.25, 0.3) is 0 Å². The van der Waals surface area contributed by atoms with Gasteiger partial charge in [-0.3, -0.25) is 14.4 Å². The first-order chi connectivity index (χ1) is 10.9. The van der Waals surface area contributed by atoms with E-state index in [1.54, 1.807) is 0 Å². The van der Waals surface area contributed by atoms with Gasteiger partial charge in [-0.1, -0.05) is 13.3 Å². The lowest BCUT2D eigenvalue weighted by molar-refractivity contribution is -0.148. The van der Waals surface area contributed by atoms with Crippen molar-refractivity contribution in [2.24, 2.45) is 5.41 Å². The number of carboxylic acid groups (broad SMARTS) is 1.